The molecule has 0 saturated heterocycles. The maximum atomic E-state index is 9.60. The molecule has 0 spiro atoms. The molecule has 2 atom stereocenters. The molecule has 0 bridgehead atoms. The van der Waals surface area contributed by atoms with E-state index >= 15 is 0 Å². The molecular weight excluding hydrogens is 320 g/mol. The summed E-state index contributed by atoms with van der Waals surface area (Å²) in [5, 5.41) is 22.6. The molecule has 0 saturated carbocycles. The van der Waals surface area contributed by atoms with Crippen LogP contribution in [0.3, 0.4) is 0 Å². The minimum absolute atomic E-state index is 0.0183. The van der Waals surface area contributed by atoms with E-state index in [0.29, 0.717) is 18.1 Å². The maximum Gasteiger partial charge on any atom is 0.123 e. The molecule has 0 amide bonds. The monoisotopic (exact) mass is 340 g/mol. The Morgan fingerprint density at radius 2 is 1.95 bits per heavy atom. The Kier molecular flexibility index (Phi) is 6.35. The van der Waals surface area contributed by atoms with Crippen LogP contribution in [0.1, 0.15) is 19.5 Å². The molecule has 2 aromatic rings. The Morgan fingerprint density at radius 3 is 2.55 bits per heavy atom. The van der Waals surface area contributed by atoms with Crippen LogP contribution in [0.15, 0.2) is 29.6 Å². The van der Waals surface area contributed by atoms with Crippen LogP contribution in [0.25, 0.3) is 10.6 Å². The van der Waals surface area contributed by atoms with E-state index in [1.54, 1.807) is 18.3 Å². The van der Waals surface area contributed by atoms with Gasteiger partial charge in [-0.3, -0.25) is 4.90 Å². The fourth-order valence-corrected chi connectivity index (χ4v) is 3.11. The van der Waals surface area contributed by atoms with Gasteiger partial charge < -0.3 is 10.2 Å². The van der Waals surface area contributed by atoms with Gasteiger partial charge in [0.2, 0.25) is 0 Å². The van der Waals surface area contributed by atoms with Gasteiger partial charge in [0.05, 0.1) is 18.4 Å². The summed E-state index contributed by atoms with van der Waals surface area (Å²) < 4.78 is 0. The molecule has 2 N–H and O–H groups in total. The highest BCUT2D eigenvalue weighted by Gasteiger charge is 2.17. The highest BCUT2D eigenvalue weighted by Crippen LogP contribution is 2.25. The lowest BCUT2D eigenvalue weighted by Gasteiger charge is -2.28. The van der Waals surface area contributed by atoms with Crippen molar-refractivity contribution in [3.8, 4) is 10.6 Å². The van der Waals surface area contributed by atoms with E-state index in [1.807, 2.05) is 41.5 Å². The molecular formula is C16H21ClN2O2S. The van der Waals surface area contributed by atoms with Crippen molar-refractivity contribution >= 4 is 22.9 Å². The van der Waals surface area contributed by atoms with Gasteiger partial charge in [-0.25, -0.2) is 4.98 Å². The van der Waals surface area contributed by atoms with E-state index < -0.39 is 6.10 Å². The molecule has 4 nitrogen and oxygen atoms in total. The van der Waals surface area contributed by atoms with Crippen LogP contribution in [0.2, 0.25) is 5.02 Å². The van der Waals surface area contributed by atoms with E-state index in [1.165, 1.54) is 0 Å². The van der Waals surface area contributed by atoms with E-state index in [4.69, 9.17) is 11.6 Å². The number of aliphatic hydroxyl groups excluding tert-OH is 2. The summed E-state index contributed by atoms with van der Waals surface area (Å²) in [6.07, 6.45) is -0.441. The van der Waals surface area contributed by atoms with Crippen LogP contribution in [0, 0.1) is 0 Å². The molecule has 6 heteroatoms. The first-order valence-corrected chi connectivity index (χ1v) is 8.48. The Morgan fingerprint density at radius 1 is 1.27 bits per heavy atom. The third-order valence-electron chi connectivity index (χ3n) is 3.39. The first-order valence-electron chi connectivity index (χ1n) is 7.23. The standard InChI is InChI=1S/C16H21ClN2O2S/c1-11(9-20)19(7-12(2)21)8-15-10-22-16(18-15)13-3-5-14(17)6-4-13/h3-6,10-12,20-21H,7-9H2,1-2H3/t11-,12-/m0/s1. The third-order valence-corrected chi connectivity index (χ3v) is 4.59. The number of aromatic nitrogens is 1. The summed E-state index contributed by atoms with van der Waals surface area (Å²) >= 11 is 7.48. The summed E-state index contributed by atoms with van der Waals surface area (Å²) in [6, 6.07) is 7.59. The molecule has 1 heterocycles. The van der Waals surface area contributed by atoms with Gasteiger partial charge in [0.15, 0.2) is 0 Å². The minimum atomic E-state index is -0.441. The predicted octanol–water partition coefficient (Wildman–Crippen LogP) is 3.03. The molecule has 0 aliphatic heterocycles. The average Bonchev–Trinajstić information content (AvgIpc) is 2.94. The highest BCUT2D eigenvalue weighted by atomic mass is 35.5. The number of nitrogens with zero attached hydrogens (tertiary/aromatic N) is 2. The largest absolute Gasteiger partial charge is 0.395 e. The second-order valence-corrected chi connectivity index (χ2v) is 6.76. The lowest BCUT2D eigenvalue weighted by Crippen LogP contribution is -2.39. The molecule has 0 unspecified atom stereocenters. The zero-order valence-corrected chi connectivity index (χ0v) is 14.3. The van der Waals surface area contributed by atoms with Gasteiger partial charge >= 0.3 is 0 Å². The lowest BCUT2D eigenvalue weighted by molar-refractivity contribution is 0.0712. The van der Waals surface area contributed by atoms with Crippen LogP contribution in [0.4, 0.5) is 0 Å². The fraction of sp³-hybridized carbons (Fsp3) is 0.438. The number of hydrogen-bond donors (Lipinski definition) is 2. The van der Waals surface area contributed by atoms with Crippen molar-refractivity contribution in [2.24, 2.45) is 0 Å². The Labute approximate surface area is 140 Å². The first-order chi connectivity index (χ1) is 10.5. The smallest absolute Gasteiger partial charge is 0.123 e. The van der Waals surface area contributed by atoms with Crippen molar-refractivity contribution in [2.75, 3.05) is 13.2 Å². The summed E-state index contributed by atoms with van der Waals surface area (Å²) in [4.78, 5) is 6.68. The molecule has 0 aliphatic carbocycles. The van der Waals surface area contributed by atoms with Crippen LogP contribution < -0.4 is 0 Å². The van der Waals surface area contributed by atoms with Crippen molar-refractivity contribution in [1.29, 1.82) is 0 Å². The van der Waals surface area contributed by atoms with Gasteiger partial charge in [0, 0.05) is 35.1 Å². The van der Waals surface area contributed by atoms with Crippen molar-refractivity contribution in [2.45, 2.75) is 32.5 Å². The van der Waals surface area contributed by atoms with Crippen molar-refractivity contribution < 1.29 is 10.2 Å². The molecule has 1 aromatic carbocycles. The summed E-state index contributed by atoms with van der Waals surface area (Å²) in [6.45, 7) is 4.86. The van der Waals surface area contributed by atoms with Crippen molar-refractivity contribution in [3.63, 3.8) is 0 Å². The second kappa shape index (κ2) is 8.04. The van der Waals surface area contributed by atoms with E-state index in [0.717, 1.165) is 16.3 Å². The number of benzene rings is 1. The van der Waals surface area contributed by atoms with Gasteiger partial charge in [-0.1, -0.05) is 23.7 Å². The van der Waals surface area contributed by atoms with Gasteiger partial charge in [0.25, 0.3) is 0 Å². The molecule has 0 fully saturated rings. The molecule has 1 aromatic heterocycles. The quantitative estimate of drug-likeness (QED) is 0.813. The minimum Gasteiger partial charge on any atom is -0.395 e. The van der Waals surface area contributed by atoms with Gasteiger partial charge in [0.1, 0.15) is 5.01 Å². The number of rotatable bonds is 7. The summed E-state index contributed by atoms with van der Waals surface area (Å²) in [7, 11) is 0. The van der Waals surface area contributed by atoms with Crippen LogP contribution in [-0.2, 0) is 6.54 Å². The van der Waals surface area contributed by atoms with Crippen LogP contribution >= 0.6 is 22.9 Å². The molecule has 2 rings (SSSR count). The number of aliphatic hydroxyl groups is 2. The number of thiazole rings is 1. The zero-order valence-electron chi connectivity index (χ0n) is 12.7. The van der Waals surface area contributed by atoms with Crippen molar-refractivity contribution in [3.05, 3.63) is 40.4 Å². The highest BCUT2D eigenvalue weighted by molar-refractivity contribution is 7.13. The van der Waals surface area contributed by atoms with Gasteiger partial charge in [-0.05, 0) is 26.0 Å². The molecule has 22 heavy (non-hydrogen) atoms. The fourth-order valence-electron chi connectivity index (χ4n) is 2.17. The lowest BCUT2D eigenvalue weighted by atomic mass is 10.2. The maximum absolute atomic E-state index is 9.60. The van der Waals surface area contributed by atoms with Gasteiger partial charge in [-0.15, -0.1) is 11.3 Å². The second-order valence-electron chi connectivity index (χ2n) is 5.46. The Bertz CT molecular complexity index is 586. The van der Waals surface area contributed by atoms with E-state index in [2.05, 4.69) is 4.98 Å². The zero-order chi connectivity index (χ0) is 16.1. The third kappa shape index (κ3) is 4.76. The predicted molar refractivity (Wildman–Crippen MR) is 91.2 cm³/mol. The Balaban J connectivity index is 2.10. The molecule has 120 valence electrons. The Hall–Kier alpha value is -0.980. The van der Waals surface area contributed by atoms with E-state index in [9.17, 15) is 10.2 Å². The van der Waals surface area contributed by atoms with E-state index in [-0.39, 0.29) is 12.6 Å². The first kappa shape index (κ1) is 17.4. The summed E-state index contributed by atoms with van der Waals surface area (Å²) in [5.41, 5.74) is 1.98. The molecule has 0 aliphatic rings. The SMILES string of the molecule is C[C@H](O)CN(Cc1csc(-c2ccc(Cl)cc2)n1)[C@@H](C)CO. The topological polar surface area (TPSA) is 56.6 Å². The van der Waals surface area contributed by atoms with Crippen LogP contribution in [0.5, 0.6) is 0 Å². The molecule has 0 radical (unpaired) electrons. The summed E-state index contributed by atoms with van der Waals surface area (Å²) in [5.74, 6) is 0. The average molecular weight is 341 g/mol. The van der Waals surface area contributed by atoms with Crippen molar-refractivity contribution in [1.82, 2.24) is 9.88 Å². The normalized spacial score (nSPS) is 14.3. The number of halogens is 1. The van der Waals surface area contributed by atoms with Crippen LogP contribution in [-0.4, -0.2) is 45.4 Å². The van der Waals surface area contributed by atoms with Gasteiger partial charge in [-0.2, -0.15) is 0 Å². The number of hydrogen-bond acceptors (Lipinski definition) is 5.